The number of hydrogen-bond acceptors (Lipinski definition) is 4. The summed E-state index contributed by atoms with van der Waals surface area (Å²) in [6.45, 7) is 6.13. The van der Waals surface area contributed by atoms with E-state index in [1.165, 1.54) is 25.7 Å². The summed E-state index contributed by atoms with van der Waals surface area (Å²) in [6.07, 6.45) is 6.70. The van der Waals surface area contributed by atoms with Crippen molar-refractivity contribution in [3.8, 4) is 0 Å². The number of hydrogen-bond donors (Lipinski definition) is 1. The number of rotatable bonds is 3. The van der Waals surface area contributed by atoms with Crippen molar-refractivity contribution in [3.05, 3.63) is 11.2 Å². The molecule has 0 spiro atoms. The maximum Gasteiger partial charge on any atom is 0.224 e. The third-order valence-corrected chi connectivity index (χ3v) is 3.65. The van der Waals surface area contributed by atoms with Crippen molar-refractivity contribution in [3.63, 3.8) is 0 Å². The lowest BCUT2D eigenvalue weighted by atomic mass is 10.1. The van der Waals surface area contributed by atoms with Crippen LogP contribution in [0.2, 0.25) is 5.02 Å². The van der Waals surface area contributed by atoms with Gasteiger partial charge >= 0.3 is 0 Å². The summed E-state index contributed by atoms with van der Waals surface area (Å²) in [4.78, 5) is 11.1. The van der Waals surface area contributed by atoms with E-state index in [1.54, 1.807) is 6.20 Å². The molecule has 0 bridgehead atoms. The van der Waals surface area contributed by atoms with Crippen LogP contribution in [0.1, 0.15) is 39.5 Å². The number of aromatic nitrogens is 2. The Morgan fingerprint density at radius 1 is 1.44 bits per heavy atom. The second-order valence-electron chi connectivity index (χ2n) is 4.79. The van der Waals surface area contributed by atoms with Crippen LogP contribution in [0.3, 0.4) is 0 Å². The maximum atomic E-state index is 6.25. The highest BCUT2D eigenvalue weighted by molar-refractivity contribution is 6.32. The second-order valence-corrected chi connectivity index (χ2v) is 5.19. The van der Waals surface area contributed by atoms with Gasteiger partial charge in [0.2, 0.25) is 5.95 Å². The molecule has 1 aromatic heterocycles. The predicted octanol–water partition coefficient (Wildman–Crippen LogP) is 3.33. The minimum absolute atomic E-state index is 0.495. The first-order valence-electron chi connectivity index (χ1n) is 6.75. The minimum Gasteiger partial charge on any atom is -0.354 e. The smallest absolute Gasteiger partial charge is 0.224 e. The van der Waals surface area contributed by atoms with Gasteiger partial charge < -0.3 is 10.2 Å². The van der Waals surface area contributed by atoms with E-state index < -0.39 is 0 Å². The lowest BCUT2D eigenvalue weighted by Crippen LogP contribution is -2.33. The molecule has 1 aliphatic heterocycles. The molecule has 1 N–H and O–H groups in total. The summed E-state index contributed by atoms with van der Waals surface area (Å²) in [7, 11) is 0. The molecule has 1 aromatic rings. The SMILES string of the molecule is CCNc1ncc(Cl)c(N2CCCCCC2C)n1. The van der Waals surface area contributed by atoms with Gasteiger partial charge in [-0.3, -0.25) is 0 Å². The largest absolute Gasteiger partial charge is 0.354 e. The molecular weight excluding hydrogens is 248 g/mol. The second kappa shape index (κ2) is 6.23. The predicted molar refractivity (Wildman–Crippen MR) is 76.5 cm³/mol. The van der Waals surface area contributed by atoms with E-state index in [1.807, 2.05) is 6.92 Å². The third-order valence-electron chi connectivity index (χ3n) is 3.39. The monoisotopic (exact) mass is 268 g/mol. The van der Waals surface area contributed by atoms with E-state index in [0.29, 0.717) is 17.0 Å². The van der Waals surface area contributed by atoms with Gasteiger partial charge in [-0.1, -0.05) is 24.4 Å². The van der Waals surface area contributed by atoms with Gasteiger partial charge in [-0.05, 0) is 26.7 Å². The highest BCUT2D eigenvalue weighted by atomic mass is 35.5. The van der Waals surface area contributed by atoms with Crippen molar-refractivity contribution < 1.29 is 0 Å². The van der Waals surface area contributed by atoms with E-state index in [9.17, 15) is 0 Å². The summed E-state index contributed by atoms with van der Waals surface area (Å²) in [6, 6.07) is 0.495. The Balaban J connectivity index is 2.26. The summed E-state index contributed by atoms with van der Waals surface area (Å²) >= 11 is 6.25. The fourth-order valence-corrected chi connectivity index (χ4v) is 2.59. The Kier molecular flexibility index (Phi) is 4.64. The van der Waals surface area contributed by atoms with Crippen LogP contribution in [0.5, 0.6) is 0 Å². The molecule has 1 unspecified atom stereocenters. The zero-order valence-electron chi connectivity index (χ0n) is 11.1. The molecule has 1 atom stereocenters. The van der Waals surface area contributed by atoms with Crippen LogP contribution >= 0.6 is 11.6 Å². The van der Waals surface area contributed by atoms with Crippen molar-refractivity contribution in [2.45, 2.75) is 45.6 Å². The molecule has 0 radical (unpaired) electrons. The van der Waals surface area contributed by atoms with E-state index in [4.69, 9.17) is 11.6 Å². The van der Waals surface area contributed by atoms with Crippen LogP contribution < -0.4 is 10.2 Å². The molecule has 18 heavy (non-hydrogen) atoms. The van der Waals surface area contributed by atoms with Crippen molar-refractivity contribution in [1.29, 1.82) is 0 Å². The van der Waals surface area contributed by atoms with Crippen molar-refractivity contribution in [1.82, 2.24) is 9.97 Å². The lowest BCUT2D eigenvalue weighted by Gasteiger charge is -2.29. The van der Waals surface area contributed by atoms with Gasteiger partial charge in [0, 0.05) is 19.1 Å². The summed E-state index contributed by atoms with van der Waals surface area (Å²) in [5, 5.41) is 3.78. The van der Waals surface area contributed by atoms with Gasteiger partial charge in [0.25, 0.3) is 0 Å². The van der Waals surface area contributed by atoms with Crippen LogP contribution in [-0.2, 0) is 0 Å². The average Bonchev–Trinajstić information content (AvgIpc) is 2.57. The number of nitrogens with one attached hydrogen (secondary N) is 1. The van der Waals surface area contributed by atoms with Gasteiger partial charge in [-0.25, -0.2) is 4.98 Å². The topological polar surface area (TPSA) is 41.1 Å². The quantitative estimate of drug-likeness (QED) is 0.913. The zero-order chi connectivity index (χ0) is 13.0. The maximum absolute atomic E-state index is 6.25. The van der Waals surface area contributed by atoms with E-state index in [2.05, 4.69) is 27.1 Å². The molecule has 1 aliphatic rings. The Labute approximate surface area is 114 Å². The van der Waals surface area contributed by atoms with Crippen molar-refractivity contribution in [2.24, 2.45) is 0 Å². The van der Waals surface area contributed by atoms with Gasteiger partial charge in [0.15, 0.2) is 5.82 Å². The molecule has 0 saturated carbocycles. The molecule has 100 valence electrons. The molecule has 0 aliphatic carbocycles. The molecule has 2 rings (SSSR count). The normalized spacial score (nSPS) is 20.6. The van der Waals surface area contributed by atoms with Crippen molar-refractivity contribution >= 4 is 23.4 Å². The zero-order valence-corrected chi connectivity index (χ0v) is 11.9. The molecule has 1 saturated heterocycles. The highest BCUT2D eigenvalue weighted by Gasteiger charge is 2.21. The molecule has 4 nitrogen and oxygen atoms in total. The van der Waals surface area contributed by atoms with E-state index in [-0.39, 0.29) is 0 Å². The van der Waals surface area contributed by atoms with E-state index >= 15 is 0 Å². The molecule has 0 amide bonds. The first kappa shape index (κ1) is 13.4. The Morgan fingerprint density at radius 3 is 3.06 bits per heavy atom. The molecule has 1 fully saturated rings. The van der Waals surface area contributed by atoms with Gasteiger partial charge in [-0.15, -0.1) is 0 Å². The number of anilines is 2. The Morgan fingerprint density at radius 2 is 2.28 bits per heavy atom. The molecule has 2 heterocycles. The Hall–Kier alpha value is -1.03. The van der Waals surface area contributed by atoms with Crippen LogP contribution in [0, 0.1) is 0 Å². The van der Waals surface area contributed by atoms with Crippen LogP contribution in [-0.4, -0.2) is 29.1 Å². The van der Waals surface area contributed by atoms with Crippen LogP contribution in [0.25, 0.3) is 0 Å². The summed E-state index contributed by atoms with van der Waals surface area (Å²) in [5.41, 5.74) is 0. The molecule has 0 aromatic carbocycles. The van der Waals surface area contributed by atoms with Crippen LogP contribution in [0.4, 0.5) is 11.8 Å². The van der Waals surface area contributed by atoms with Crippen LogP contribution in [0.15, 0.2) is 6.20 Å². The first-order chi connectivity index (χ1) is 8.72. The van der Waals surface area contributed by atoms with Gasteiger partial charge in [-0.2, -0.15) is 4.98 Å². The van der Waals surface area contributed by atoms with Gasteiger partial charge in [0.05, 0.1) is 6.20 Å². The van der Waals surface area contributed by atoms with Crippen molar-refractivity contribution in [2.75, 3.05) is 23.3 Å². The molecular formula is C13H21ClN4. The summed E-state index contributed by atoms with van der Waals surface area (Å²) < 4.78 is 0. The third kappa shape index (κ3) is 3.05. The minimum atomic E-state index is 0.495. The number of nitrogens with zero attached hydrogens (tertiary/aromatic N) is 3. The fraction of sp³-hybridized carbons (Fsp3) is 0.692. The fourth-order valence-electron chi connectivity index (χ4n) is 2.39. The standard InChI is InChI=1S/C13H21ClN4/c1-3-15-13-16-9-11(14)12(17-13)18-8-6-4-5-7-10(18)2/h9-10H,3-8H2,1-2H3,(H,15,16,17). The van der Waals surface area contributed by atoms with E-state index in [0.717, 1.165) is 18.9 Å². The highest BCUT2D eigenvalue weighted by Crippen LogP contribution is 2.29. The van der Waals surface area contributed by atoms with Gasteiger partial charge in [0.1, 0.15) is 5.02 Å². The number of halogens is 1. The molecule has 5 heteroatoms. The Bertz CT molecular complexity index is 397. The first-order valence-corrected chi connectivity index (χ1v) is 7.13. The lowest BCUT2D eigenvalue weighted by molar-refractivity contribution is 0.611. The summed E-state index contributed by atoms with van der Waals surface area (Å²) in [5.74, 6) is 1.53. The average molecular weight is 269 g/mol.